The van der Waals surface area contributed by atoms with Crippen LogP contribution in [0, 0.1) is 0 Å². The van der Waals surface area contributed by atoms with E-state index in [4.69, 9.17) is 11.6 Å². The Bertz CT molecular complexity index is 621. The molecule has 0 radical (unpaired) electrons. The van der Waals surface area contributed by atoms with E-state index < -0.39 is 17.3 Å². The minimum absolute atomic E-state index is 0.0945. The molecule has 0 aliphatic heterocycles. The predicted molar refractivity (Wildman–Crippen MR) is 56.9 cm³/mol. The van der Waals surface area contributed by atoms with Crippen molar-refractivity contribution in [3.05, 3.63) is 40.4 Å². The molecule has 7 heteroatoms. The molecule has 0 aliphatic carbocycles. The van der Waals surface area contributed by atoms with Crippen LogP contribution in [0.4, 0.5) is 13.2 Å². The molecule has 0 bridgehead atoms. The minimum atomic E-state index is -4.48. The molecule has 1 aromatic heterocycles. The lowest BCUT2D eigenvalue weighted by Crippen LogP contribution is -2.19. The van der Waals surface area contributed by atoms with Crippen LogP contribution in [0.2, 0.25) is 0 Å². The van der Waals surface area contributed by atoms with Crippen LogP contribution in [0.25, 0.3) is 10.9 Å². The quantitative estimate of drug-likeness (QED) is 0.741. The number of halogens is 4. The third kappa shape index (κ3) is 2.12. The lowest BCUT2D eigenvalue weighted by molar-refractivity contribution is -0.137. The van der Waals surface area contributed by atoms with E-state index in [1.807, 2.05) is 0 Å². The molecule has 2 aromatic rings. The summed E-state index contributed by atoms with van der Waals surface area (Å²) in [7, 11) is 0. The van der Waals surface area contributed by atoms with Gasteiger partial charge in [-0.15, -0.1) is 11.6 Å². The van der Waals surface area contributed by atoms with Crippen LogP contribution in [0.1, 0.15) is 5.56 Å². The van der Waals surface area contributed by atoms with Crippen LogP contribution in [0.3, 0.4) is 0 Å². The Morgan fingerprint density at radius 2 is 2.06 bits per heavy atom. The van der Waals surface area contributed by atoms with E-state index in [2.05, 4.69) is 4.98 Å². The van der Waals surface area contributed by atoms with E-state index in [0.717, 1.165) is 22.8 Å². The molecule has 2 rings (SSSR count). The van der Waals surface area contributed by atoms with Crippen LogP contribution in [-0.2, 0) is 12.2 Å². The fourth-order valence-corrected chi connectivity index (χ4v) is 1.59. The van der Waals surface area contributed by atoms with Crippen LogP contribution < -0.4 is 5.56 Å². The molecule has 1 heterocycles. The Morgan fingerprint density at radius 1 is 1.35 bits per heavy atom. The van der Waals surface area contributed by atoms with Crippen LogP contribution in [0.15, 0.2) is 29.3 Å². The van der Waals surface area contributed by atoms with Crippen molar-refractivity contribution in [3.63, 3.8) is 0 Å². The molecule has 0 spiro atoms. The molecule has 0 saturated carbocycles. The Hall–Kier alpha value is -1.56. The van der Waals surface area contributed by atoms with E-state index in [-0.39, 0.29) is 16.9 Å². The summed E-state index contributed by atoms with van der Waals surface area (Å²) in [6.07, 6.45) is -3.28. The number of hydrogen-bond acceptors (Lipinski definition) is 2. The molecule has 0 unspecified atom stereocenters. The Balaban J connectivity index is 2.75. The summed E-state index contributed by atoms with van der Waals surface area (Å²) in [6, 6.07) is 2.68. The van der Waals surface area contributed by atoms with Gasteiger partial charge < -0.3 is 0 Å². The first kappa shape index (κ1) is 11.9. The number of aromatic nitrogens is 2. The Kier molecular flexibility index (Phi) is 2.82. The molecule has 0 saturated heterocycles. The van der Waals surface area contributed by atoms with E-state index in [0.29, 0.717) is 0 Å². The lowest BCUT2D eigenvalue weighted by atomic mass is 10.1. The molecule has 0 N–H and O–H groups in total. The van der Waals surface area contributed by atoms with Gasteiger partial charge in [-0.1, -0.05) is 0 Å². The summed E-state index contributed by atoms with van der Waals surface area (Å²) in [5.41, 5.74) is -1.25. The van der Waals surface area contributed by atoms with Crippen molar-refractivity contribution >= 4 is 22.5 Å². The van der Waals surface area contributed by atoms with Gasteiger partial charge in [-0.3, -0.25) is 9.36 Å². The van der Waals surface area contributed by atoms with Gasteiger partial charge in [0, 0.05) is 0 Å². The zero-order valence-corrected chi connectivity index (χ0v) is 9.09. The maximum absolute atomic E-state index is 12.5. The highest BCUT2D eigenvalue weighted by atomic mass is 35.5. The van der Waals surface area contributed by atoms with E-state index in [1.165, 1.54) is 6.33 Å². The second-order valence-corrected chi connectivity index (χ2v) is 3.61. The number of benzene rings is 1. The summed E-state index contributed by atoms with van der Waals surface area (Å²) in [4.78, 5) is 15.6. The van der Waals surface area contributed by atoms with E-state index in [1.54, 1.807) is 0 Å². The maximum Gasteiger partial charge on any atom is 0.416 e. The fraction of sp³-hybridized carbons (Fsp3) is 0.200. The zero-order valence-electron chi connectivity index (χ0n) is 8.33. The molecular weight excluding hydrogens is 257 g/mol. The lowest BCUT2D eigenvalue weighted by Gasteiger charge is -2.08. The van der Waals surface area contributed by atoms with E-state index in [9.17, 15) is 18.0 Å². The minimum Gasteiger partial charge on any atom is -0.284 e. The highest BCUT2D eigenvalue weighted by Crippen LogP contribution is 2.30. The number of hydrogen-bond donors (Lipinski definition) is 0. The molecular formula is C10H6ClF3N2O. The second kappa shape index (κ2) is 4.03. The first-order valence-electron chi connectivity index (χ1n) is 4.56. The van der Waals surface area contributed by atoms with Crippen LogP contribution >= 0.6 is 11.6 Å². The van der Waals surface area contributed by atoms with Gasteiger partial charge in [0.15, 0.2) is 0 Å². The van der Waals surface area contributed by atoms with Crippen molar-refractivity contribution in [3.8, 4) is 0 Å². The second-order valence-electron chi connectivity index (χ2n) is 3.37. The molecule has 1 aromatic carbocycles. The highest BCUT2D eigenvalue weighted by molar-refractivity contribution is 6.15. The molecule has 0 amide bonds. The van der Waals surface area contributed by atoms with Crippen LogP contribution in [-0.4, -0.2) is 9.55 Å². The van der Waals surface area contributed by atoms with Gasteiger partial charge in [0.2, 0.25) is 0 Å². The number of alkyl halides is 4. The topological polar surface area (TPSA) is 34.9 Å². The molecule has 17 heavy (non-hydrogen) atoms. The summed E-state index contributed by atoms with van der Waals surface area (Å²) < 4.78 is 38.5. The number of fused-ring (bicyclic) bond motifs is 1. The SMILES string of the molecule is O=c1c2cc(C(F)(F)F)ccc2ncn1CCl. The predicted octanol–water partition coefficient (Wildman–Crippen LogP) is 2.61. The van der Waals surface area contributed by atoms with Gasteiger partial charge in [-0.2, -0.15) is 13.2 Å². The standard InChI is InChI=1S/C10H6ClF3N2O/c11-4-16-5-15-8-2-1-6(10(12,13)14)3-7(8)9(16)17/h1-3,5H,4H2. The van der Waals surface area contributed by atoms with E-state index >= 15 is 0 Å². The van der Waals surface area contributed by atoms with Crippen molar-refractivity contribution in [2.75, 3.05) is 0 Å². The van der Waals surface area contributed by atoms with Gasteiger partial charge in [0.1, 0.15) is 6.00 Å². The maximum atomic E-state index is 12.5. The average Bonchev–Trinajstić information content (AvgIpc) is 2.28. The number of nitrogens with zero attached hydrogens (tertiary/aromatic N) is 2. The molecule has 0 fully saturated rings. The summed E-state index contributed by atoms with van der Waals surface area (Å²) >= 11 is 5.46. The van der Waals surface area contributed by atoms with Gasteiger partial charge >= 0.3 is 6.18 Å². The third-order valence-corrected chi connectivity index (χ3v) is 2.54. The first-order valence-corrected chi connectivity index (χ1v) is 5.09. The molecule has 90 valence electrons. The van der Waals surface area contributed by atoms with Crippen molar-refractivity contribution in [1.29, 1.82) is 0 Å². The summed E-state index contributed by atoms with van der Waals surface area (Å²) in [5.74, 6) is 0. The number of rotatable bonds is 1. The van der Waals surface area contributed by atoms with Gasteiger partial charge in [0.05, 0.1) is 22.8 Å². The highest BCUT2D eigenvalue weighted by Gasteiger charge is 2.30. The average molecular weight is 263 g/mol. The largest absolute Gasteiger partial charge is 0.416 e. The Morgan fingerprint density at radius 3 is 2.65 bits per heavy atom. The third-order valence-electron chi connectivity index (χ3n) is 2.28. The monoisotopic (exact) mass is 262 g/mol. The van der Waals surface area contributed by atoms with Gasteiger partial charge in [0.25, 0.3) is 5.56 Å². The zero-order chi connectivity index (χ0) is 12.6. The summed E-state index contributed by atoms with van der Waals surface area (Å²) in [5, 5.41) is -0.0945. The van der Waals surface area contributed by atoms with Gasteiger partial charge in [-0.05, 0) is 18.2 Å². The molecule has 0 aliphatic rings. The van der Waals surface area contributed by atoms with Crippen molar-refractivity contribution < 1.29 is 13.2 Å². The normalized spacial score (nSPS) is 12.0. The summed E-state index contributed by atoms with van der Waals surface area (Å²) in [6.45, 7) is 0. The van der Waals surface area contributed by atoms with Crippen molar-refractivity contribution in [2.24, 2.45) is 0 Å². The first-order chi connectivity index (χ1) is 7.93. The fourth-order valence-electron chi connectivity index (χ4n) is 1.42. The van der Waals surface area contributed by atoms with Crippen molar-refractivity contribution in [1.82, 2.24) is 9.55 Å². The Labute approximate surface area is 98.5 Å². The smallest absolute Gasteiger partial charge is 0.284 e. The van der Waals surface area contributed by atoms with Crippen LogP contribution in [0.5, 0.6) is 0 Å². The molecule has 3 nitrogen and oxygen atoms in total. The molecule has 0 atom stereocenters. The van der Waals surface area contributed by atoms with Gasteiger partial charge in [-0.25, -0.2) is 4.98 Å². The van der Waals surface area contributed by atoms with Crippen molar-refractivity contribution in [2.45, 2.75) is 12.2 Å².